The fourth-order valence-corrected chi connectivity index (χ4v) is 2.33. The van der Waals surface area contributed by atoms with Crippen LogP contribution in [0.3, 0.4) is 0 Å². The van der Waals surface area contributed by atoms with Gasteiger partial charge < -0.3 is 10.4 Å². The molecule has 0 atom stereocenters. The van der Waals surface area contributed by atoms with Crippen LogP contribution in [0.4, 0.5) is 5.69 Å². The first-order valence-electron chi connectivity index (χ1n) is 5.26. The molecule has 1 heterocycles. The van der Waals surface area contributed by atoms with Gasteiger partial charge in [0.1, 0.15) is 0 Å². The number of carbonyl (C=O) groups is 1. The summed E-state index contributed by atoms with van der Waals surface area (Å²) in [6, 6.07) is 9.80. The van der Waals surface area contributed by atoms with Crippen LogP contribution in [0.15, 0.2) is 35.7 Å². The summed E-state index contributed by atoms with van der Waals surface area (Å²) >= 11 is 1.46. The highest BCUT2D eigenvalue weighted by Gasteiger charge is 2.05. The van der Waals surface area contributed by atoms with E-state index in [2.05, 4.69) is 11.4 Å². The smallest absolute Gasteiger partial charge is 0.336 e. The molecule has 0 unspecified atom stereocenters. The summed E-state index contributed by atoms with van der Waals surface area (Å²) in [4.78, 5) is 11.7. The minimum atomic E-state index is -0.872. The summed E-state index contributed by atoms with van der Waals surface area (Å²) in [5, 5.41) is 13.7. The molecule has 3 nitrogen and oxygen atoms in total. The zero-order valence-electron chi connectivity index (χ0n) is 9.43. The first kappa shape index (κ1) is 11.7. The number of anilines is 1. The Bertz CT molecular complexity index is 534. The molecule has 1 aromatic carbocycles. The third-order valence-corrected chi connectivity index (χ3v) is 3.32. The molecule has 2 aromatic rings. The van der Waals surface area contributed by atoms with Crippen molar-refractivity contribution in [1.29, 1.82) is 0 Å². The van der Waals surface area contributed by atoms with Gasteiger partial charge in [-0.3, -0.25) is 0 Å². The molecule has 0 aliphatic rings. The maximum atomic E-state index is 10.7. The van der Waals surface area contributed by atoms with Gasteiger partial charge in [-0.1, -0.05) is 12.1 Å². The summed E-state index contributed by atoms with van der Waals surface area (Å²) in [5.41, 5.74) is 2.61. The lowest BCUT2D eigenvalue weighted by molar-refractivity contribution is 0.0697. The van der Waals surface area contributed by atoms with E-state index in [1.54, 1.807) is 11.4 Å². The number of carboxylic acid groups (broad SMARTS) is 1. The maximum Gasteiger partial charge on any atom is 0.336 e. The Morgan fingerprint density at radius 3 is 2.88 bits per heavy atom. The molecule has 0 spiro atoms. The number of thiophene rings is 1. The van der Waals surface area contributed by atoms with Crippen LogP contribution in [0.2, 0.25) is 0 Å². The van der Waals surface area contributed by atoms with Crippen LogP contribution in [0.25, 0.3) is 0 Å². The number of nitrogens with one attached hydrogen (secondary N) is 1. The van der Waals surface area contributed by atoms with Gasteiger partial charge in [0.2, 0.25) is 0 Å². The van der Waals surface area contributed by atoms with Gasteiger partial charge in [-0.25, -0.2) is 4.79 Å². The summed E-state index contributed by atoms with van der Waals surface area (Å²) in [6.07, 6.45) is 0. The van der Waals surface area contributed by atoms with Crippen LogP contribution in [0.1, 0.15) is 20.8 Å². The number of rotatable bonds is 4. The zero-order chi connectivity index (χ0) is 12.3. The van der Waals surface area contributed by atoms with Crippen molar-refractivity contribution in [3.05, 3.63) is 51.7 Å². The van der Waals surface area contributed by atoms with E-state index >= 15 is 0 Å². The minimum Gasteiger partial charge on any atom is -0.478 e. The molecule has 4 heteroatoms. The fraction of sp³-hybridized carbons (Fsp3) is 0.154. The van der Waals surface area contributed by atoms with Gasteiger partial charge in [-0.15, -0.1) is 11.3 Å². The molecular weight excluding hydrogens is 234 g/mol. The molecule has 1 aromatic heterocycles. The first-order chi connectivity index (χ1) is 8.15. The number of carboxylic acids is 1. The second-order valence-electron chi connectivity index (χ2n) is 3.83. The highest BCUT2D eigenvalue weighted by atomic mass is 32.1. The second-order valence-corrected chi connectivity index (χ2v) is 4.83. The maximum absolute atomic E-state index is 10.7. The first-order valence-corrected chi connectivity index (χ1v) is 6.14. The molecule has 2 N–H and O–H groups in total. The van der Waals surface area contributed by atoms with E-state index in [9.17, 15) is 4.79 Å². The van der Waals surface area contributed by atoms with Gasteiger partial charge in [-0.2, -0.15) is 0 Å². The highest BCUT2D eigenvalue weighted by Crippen LogP contribution is 2.17. The summed E-state index contributed by atoms with van der Waals surface area (Å²) in [5.74, 6) is -0.872. The molecule has 0 radical (unpaired) electrons. The summed E-state index contributed by atoms with van der Waals surface area (Å²) in [7, 11) is 0. The van der Waals surface area contributed by atoms with Gasteiger partial charge in [0.05, 0.1) is 5.56 Å². The molecular formula is C13H13NO2S. The van der Waals surface area contributed by atoms with Gasteiger partial charge in [0, 0.05) is 22.5 Å². The summed E-state index contributed by atoms with van der Waals surface area (Å²) < 4.78 is 0. The Balaban J connectivity index is 2.00. The predicted molar refractivity (Wildman–Crippen MR) is 69.8 cm³/mol. The fourth-order valence-electron chi connectivity index (χ4n) is 1.53. The van der Waals surface area contributed by atoms with Crippen LogP contribution in [-0.4, -0.2) is 11.1 Å². The standard InChI is InChI=1S/C13H13NO2S/c1-9-3-2-4-11(5-9)14-7-12-6-10(8-17-12)13(15)16/h2-6,8,14H,7H2,1H3,(H,15,16). The number of benzene rings is 1. The second kappa shape index (κ2) is 5.01. The largest absolute Gasteiger partial charge is 0.478 e. The molecule has 88 valence electrons. The Morgan fingerprint density at radius 2 is 2.24 bits per heavy atom. The Labute approximate surface area is 104 Å². The molecule has 0 aliphatic carbocycles. The quantitative estimate of drug-likeness (QED) is 0.871. The van der Waals surface area contributed by atoms with Gasteiger partial charge in [-0.05, 0) is 30.7 Å². The molecule has 0 amide bonds. The zero-order valence-corrected chi connectivity index (χ0v) is 10.3. The topological polar surface area (TPSA) is 49.3 Å². The minimum absolute atomic E-state index is 0.357. The molecule has 0 aliphatic heterocycles. The average Bonchev–Trinajstić information content (AvgIpc) is 2.75. The molecule has 0 bridgehead atoms. The van der Waals surface area contributed by atoms with Gasteiger partial charge >= 0.3 is 5.97 Å². The van der Waals surface area contributed by atoms with Crippen molar-refractivity contribution in [2.75, 3.05) is 5.32 Å². The van der Waals surface area contributed by atoms with E-state index in [1.807, 2.05) is 25.1 Å². The van der Waals surface area contributed by atoms with Crippen LogP contribution in [-0.2, 0) is 6.54 Å². The highest BCUT2D eigenvalue weighted by molar-refractivity contribution is 7.10. The normalized spacial score (nSPS) is 10.2. The van der Waals surface area contributed by atoms with E-state index < -0.39 is 5.97 Å². The van der Waals surface area contributed by atoms with E-state index in [1.165, 1.54) is 16.9 Å². The van der Waals surface area contributed by atoms with Crippen molar-refractivity contribution in [2.45, 2.75) is 13.5 Å². The van der Waals surface area contributed by atoms with Crippen molar-refractivity contribution in [2.24, 2.45) is 0 Å². The lowest BCUT2D eigenvalue weighted by Gasteiger charge is -2.05. The SMILES string of the molecule is Cc1cccc(NCc2cc(C(=O)O)cs2)c1. The van der Waals surface area contributed by atoms with Gasteiger partial charge in [0.25, 0.3) is 0 Å². The number of hydrogen-bond acceptors (Lipinski definition) is 3. The third-order valence-electron chi connectivity index (χ3n) is 2.39. The Kier molecular flexibility index (Phi) is 3.44. The van der Waals surface area contributed by atoms with Gasteiger partial charge in [0.15, 0.2) is 0 Å². The molecule has 0 fully saturated rings. The molecule has 17 heavy (non-hydrogen) atoms. The van der Waals surface area contributed by atoms with E-state index in [0.29, 0.717) is 12.1 Å². The van der Waals surface area contributed by atoms with E-state index in [4.69, 9.17) is 5.11 Å². The third kappa shape index (κ3) is 3.07. The van der Waals surface area contributed by atoms with E-state index in [-0.39, 0.29) is 0 Å². The van der Waals surface area contributed by atoms with Crippen molar-refractivity contribution in [3.63, 3.8) is 0 Å². The molecule has 0 saturated carbocycles. The van der Waals surface area contributed by atoms with Crippen molar-refractivity contribution < 1.29 is 9.90 Å². The Morgan fingerprint density at radius 1 is 1.41 bits per heavy atom. The summed E-state index contributed by atoms with van der Waals surface area (Å²) in [6.45, 7) is 2.69. The van der Waals surface area contributed by atoms with Crippen LogP contribution in [0.5, 0.6) is 0 Å². The average molecular weight is 247 g/mol. The molecule has 0 saturated heterocycles. The van der Waals surface area contributed by atoms with E-state index in [0.717, 1.165) is 10.6 Å². The number of hydrogen-bond donors (Lipinski definition) is 2. The Hall–Kier alpha value is -1.81. The predicted octanol–water partition coefficient (Wildman–Crippen LogP) is 3.37. The van der Waals surface area contributed by atoms with Crippen molar-refractivity contribution >= 4 is 23.0 Å². The van der Waals surface area contributed by atoms with Crippen LogP contribution >= 0.6 is 11.3 Å². The lowest BCUT2D eigenvalue weighted by Crippen LogP contribution is -1.98. The number of aromatic carboxylic acids is 1. The van der Waals surface area contributed by atoms with Crippen LogP contribution in [0, 0.1) is 6.92 Å². The van der Waals surface area contributed by atoms with Crippen LogP contribution < -0.4 is 5.32 Å². The number of aryl methyl sites for hydroxylation is 1. The monoisotopic (exact) mass is 247 g/mol. The van der Waals surface area contributed by atoms with Crippen molar-refractivity contribution in [1.82, 2.24) is 0 Å². The van der Waals surface area contributed by atoms with Crippen molar-refractivity contribution in [3.8, 4) is 0 Å². The lowest BCUT2D eigenvalue weighted by atomic mass is 10.2. The molecule has 2 rings (SSSR count).